The molecule has 0 unspecified atom stereocenters. The average molecular weight is 248 g/mol. The molecule has 1 heterocycles. The highest BCUT2D eigenvalue weighted by Crippen LogP contribution is 2.33. The maximum absolute atomic E-state index is 12.0. The first kappa shape index (κ1) is 12.9. The maximum atomic E-state index is 12.0. The van der Waals surface area contributed by atoms with Gasteiger partial charge in [0.25, 0.3) is 5.88 Å². The Labute approximate surface area is 94.3 Å². The number of halogens is 3. The van der Waals surface area contributed by atoms with Gasteiger partial charge in [-0.1, -0.05) is 0 Å². The van der Waals surface area contributed by atoms with Crippen LogP contribution < -0.4 is 14.2 Å². The Bertz CT molecular complexity index is 454. The van der Waals surface area contributed by atoms with Crippen molar-refractivity contribution in [2.45, 2.75) is 6.36 Å². The van der Waals surface area contributed by atoms with Crippen molar-refractivity contribution in [2.24, 2.45) is 0 Å². The summed E-state index contributed by atoms with van der Waals surface area (Å²) < 4.78 is 49.3. The van der Waals surface area contributed by atoms with Crippen molar-refractivity contribution in [3.05, 3.63) is 11.8 Å². The van der Waals surface area contributed by atoms with Crippen molar-refractivity contribution in [1.29, 1.82) is 5.26 Å². The fraction of sp³-hybridized carbons (Fsp3) is 0.333. The zero-order valence-corrected chi connectivity index (χ0v) is 8.83. The molecule has 0 aliphatic rings. The van der Waals surface area contributed by atoms with Crippen LogP contribution in [0.3, 0.4) is 0 Å². The van der Waals surface area contributed by atoms with E-state index in [-0.39, 0.29) is 11.6 Å². The molecule has 0 fully saturated rings. The van der Waals surface area contributed by atoms with Gasteiger partial charge in [0.1, 0.15) is 6.07 Å². The number of pyridine rings is 1. The van der Waals surface area contributed by atoms with E-state index in [1.54, 1.807) is 0 Å². The van der Waals surface area contributed by atoms with E-state index in [9.17, 15) is 13.2 Å². The van der Waals surface area contributed by atoms with Gasteiger partial charge in [0.15, 0.2) is 17.2 Å². The lowest BCUT2D eigenvalue weighted by Gasteiger charge is -2.12. The van der Waals surface area contributed by atoms with Gasteiger partial charge < -0.3 is 14.2 Å². The third-order valence-electron chi connectivity index (χ3n) is 1.66. The zero-order chi connectivity index (χ0) is 13.1. The van der Waals surface area contributed by atoms with Crippen LogP contribution in [0.1, 0.15) is 5.69 Å². The number of ether oxygens (including phenoxy) is 3. The molecular formula is C9H7F3N2O3. The molecule has 0 radical (unpaired) electrons. The fourth-order valence-corrected chi connectivity index (χ4v) is 1.04. The first-order valence-electron chi connectivity index (χ1n) is 4.20. The van der Waals surface area contributed by atoms with E-state index in [1.807, 2.05) is 0 Å². The second kappa shape index (κ2) is 4.78. The Morgan fingerprint density at radius 1 is 1.24 bits per heavy atom. The van der Waals surface area contributed by atoms with Crippen LogP contribution in [0.25, 0.3) is 0 Å². The molecule has 1 aromatic heterocycles. The molecule has 5 nitrogen and oxygen atoms in total. The van der Waals surface area contributed by atoms with Crippen LogP contribution in [-0.2, 0) is 0 Å². The molecule has 0 aliphatic heterocycles. The molecule has 0 aromatic carbocycles. The highest BCUT2D eigenvalue weighted by atomic mass is 19.4. The van der Waals surface area contributed by atoms with Crippen molar-refractivity contribution in [3.8, 4) is 23.4 Å². The molecule has 8 heteroatoms. The normalized spacial score (nSPS) is 10.6. The van der Waals surface area contributed by atoms with Gasteiger partial charge in [-0.15, -0.1) is 13.2 Å². The third kappa shape index (κ3) is 3.14. The zero-order valence-electron chi connectivity index (χ0n) is 8.83. The first-order valence-corrected chi connectivity index (χ1v) is 4.20. The van der Waals surface area contributed by atoms with Gasteiger partial charge in [-0.05, 0) is 0 Å². The molecule has 0 spiro atoms. The standard InChI is InChI=1S/C9H7F3N2O3/c1-15-7-3-6(17-9(10,11)12)5(4-13)14-8(7)16-2/h3H,1-2H3. The molecule has 1 aromatic rings. The summed E-state index contributed by atoms with van der Waals surface area (Å²) >= 11 is 0. The highest BCUT2D eigenvalue weighted by molar-refractivity contribution is 5.48. The monoisotopic (exact) mass is 248 g/mol. The summed E-state index contributed by atoms with van der Waals surface area (Å²) in [5.74, 6) is -0.901. The van der Waals surface area contributed by atoms with E-state index in [1.165, 1.54) is 20.3 Å². The minimum absolute atomic E-state index is 0.0641. The van der Waals surface area contributed by atoms with E-state index in [4.69, 9.17) is 14.7 Å². The predicted molar refractivity (Wildman–Crippen MR) is 48.7 cm³/mol. The summed E-state index contributed by atoms with van der Waals surface area (Å²) in [6.45, 7) is 0. The number of nitriles is 1. The van der Waals surface area contributed by atoms with Crippen molar-refractivity contribution >= 4 is 0 Å². The topological polar surface area (TPSA) is 64.4 Å². The van der Waals surface area contributed by atoms with Crippen LogP contribution in [0.2, 0.25) is 0 Å². The van der Waals surface area contributed by atoms with E-state index < -0.39 is 17.8 Å². The molecular weight excluding hydrogens is 241 g/mol. The smallest absolute Gasteiger partial charge is 0.491 e. The second-order valence-corrected chi connectivity index (χ2v) is 2.71. The number of rotatable bonds is 3. The molecule has 0 bridgehead atoms. The Hall–Kier alpha value is -2.17. The van der Waals surface area contributed by atoms with Crippen LogP contribution in [0.15, 0.2) is 6.07 Å². The maximum Gasteiger partial charge on any atom is 0.573 e. The lowest BCUT2D eigenvalue weighted by Crippen LogP contribution is -2.18. The molecule has 17 heavy (non-hydrogen) atoms. The average Bonchev–Trinajstić information content (AvgIpc) is 2.26. The SMILES string of the molecule is COc1cc(OC(F)(F)F)c(C#N)nc1OC. The molecule has 0 amide bonds. The van der Waals surface area contributed by atoms with Gasteiger partial charge in [0.2, 0.25) is 0 Å². The quantitative estimate of drug-likeness (QED) is 0.816. The Morgan fingerprint density at radius 3 is 2.29 bits per heavy atom. The summed E-state index contributed by atoms with van der Waals surface area (Å²) in [5, 5.41) is 8.64. The molecule has 0 N–H and O–H groups in total. The summed E-state index contributed by atoms with van der Waals surface area (Å²) in [5.41, 5.74) is -0.542. The van der Waals surface area contributed by atoms with Gasteiger partial charge in [-0.2, -0.15) is 10.2 Å². The first-order chi connectivity index (χ1) is 7.91. The summed E-state index contributed by atoms with van der Waals surface area (Å²) in [7, 11) is 2.47. The van der Waals surface area contributed by atoms with Crippen LogP contribution in [-0.4, -0.2) is 25.6 Å². The molecule has 0 saturated heterocycles. The van der Waals surface area contributed by atoms with Crippen molar-refractivity contribution in [1.82, 2.24) is 4.98 Å². The van der Waals surface area contributed by atoms with E-state index in [0.717, 1.165) is 6.07 Å². The molecule has 1 rings (SSSR count). The van der Waals surface area contributed by atoms with E-state index in [0.29, 0.717) is 0 Å². The lowest BCUT2D eigenvalue weighted by atomic mass is 10.3. The lowest BCUT2D eigenvalue weighted by molar-refractivity contribution is -0.274. The summed E-state index contributed by atoms with van der Waals surface area (Å²) in [6.07, 6.45) is -4.91. The van der Waals surface area contributed by atoms with E-state index in [2.05, 4.69) is 9.72 Å². The fourth-order valence-electron chi connectivity index (χ4n) is 1.04. The Kier molecular flexibility index (Phi) is 3.62. The largest absolute Gasteiger partial charge is 0.573 e. The molecule has 92 valence electrons. The highest BCUT2D eigenvalue weighted by Gasteiger charge is 2.33. The number of alkyl halides is 3. The van der Waals surface area contributed by atoms with Crippen molar-refractivity contribution in [2.75, 3.05) is 14.2 Å². The molecule has 0 atom stereocenters. The van der Waals surface area contributed by atoms with Crippen molar-refractivity contribution < 1.29 is 27.4 Å². The van der Waals surface area contributed by atoms with Crippen LogP contribution in [0.5, 0.6) is 17.4 Å². The number of hydrogen-bond donors (Lipinski definition) is 0. The summed E-state index contributed by atoms with van der Waals surface area (Å²) in [4.78, 5) is 3.53. The number of nitrogens with zero attached hydrogens (tertiary/aromatic N) is 2. The van der Waals surface area contributed by atoms with Gasteiger partial charge >= 0.3 is 6.36 Å². The minimum Gasteiger partial charge on any atom is -0.491 e. The molecule has 0 aliphatic carbocycles. The third-order valence-corrected chi connectivity index (χ3v) is 1.66. The van der Waals surface area contributed by atoms with Gasteiger partial charge in [0, 0.05) is 6.07 Å². The van der Waals surface area contributed by atoms with Crippen LogP contribution >= 0.6 is 0 Å². The predicted octanol–water partition coefficient (Wildman–Crippen LogP) is 1.87. The van der Waals surface area contributed by atoms with Gasteiger partial charge in [-0.25, -0.2) is 0 Å². The Morgan fingerprint density at radius 2 is 1.88 bits per heavy atom. The van der Waals surface area contributed by atoms with Crippen LogP contribution in [0.4, 0.5) is 13.2 Å². The van der Waals surface area contributed by atoms with Crippen molar-refractivity contribution in [3.63, 3.8) is 0 Å². The summed E-state index contributed by atoms with van der Waals surface area (Å²) in [6, 6.07) is 2.36. The minimum atomic E-state index is -4.91. The second-order valence-electron chi connectivity index (χ2n) is 2.71. The molecule has 0 saturated carbocycles. The number of methoxy groups -OCH3 is 2. The Balaban J connectivity index is 3.25. The van der Waals surface area contributed by atoms with Gasteiger partial charge in [-0.3, -0.25) is 0 Å². The van der Waals surface area contributed by atoms with Gasteiger partial charge in [0.05, 0.1) is 14.2 Å². The van der Waals surface area contributed by atoms with Crippen LogP contribution in [0, 0.1) is 11.3 Å². The van der Waals surface area contributed by atoms with E-state index >= 15 is 0 Å². The number of hydrogen-bond acceptors (Lipinski definition) is 5. The number of aromatic nitrogens is 1.